The summed E-state index contributed by atoms with van der Waals surface area (Å²) in [5, 5.41) is 3.80. The molecule has 4 rings (SSSR count). The standard InChI is InChI=1S/C26H24N2O5/c1-32-23-13-7-2-8-18(23)14-15-27-24(29)17-33-25(30)16-28-21-11-5-3-9-19(21)26(31)20-10-4-6-12-22(20)28/h2-13H,14-17H2,1H3,(H,27,29). The smallest absolute Gasteiger partial charge is 0.326 e. The number of rotatable bonds is 8. The van der Waals surface area contributed by atoms with Crippen LogP contribution in [-0.2, 0) is 27.3 Å². The molecule has 1 N–H and O–H groups in total. The molecule has 0 aliphatic heterocycles. The number of amides is 1. The summed E-state index contributed by atoms with van der Waals surface area (Å²) in [5.41, 5.74) is 2.17. The Morgan fingerprint density at radius 3 is 2.15 bits per heavy atom. The summed E-state index contributed by atoms with van der Waals surface area (Å²) >= 11 is 0. The molecule has 33 heavy (non-hydrogen) atoms. The van der Waals surface area contributed by atoms with Crippen molar-refractivity contribution in [2.75, 3.05) is 20.3 Å². The zero-order valence-electron chi connectivity index (χ0n) is 18.2. The van der Waals surface area contributed by atoms with Crippen LogP contribution in [0.5, 0.6) is 5.75 Å². The van der Waals surface area contributed by atoms with Crippen molar-refractivity contribution >= 4 is 33.7 Å². The van der Waals surface area contributed by atoms with E-state index >= 15 is 0 Å². The number of pyridine rings is 1. The summed E-state index contributed by atoms with van der Waals surface area (Å²) in [6.45, 7) is -0.0949. The Kier molecular flexibility index (Phi) is 6.69. The molecule has 1 heterocycles. The van der Waals surface area contributed by atoms with E-state index in [1.165, 1.54) is 0 Å². The van der Waals surface area contributed by atoms with Gasteiger partial charge in [-0.05, 0) is 42.3 Å². The quantitative estimate of drug-likeness (QED) is 0.333. The van der Waals surface area contributed by atoms with E-state index in [0.717, 1.165) is 11.3 Å². The Hall–Kier alpha value is -4.13. The highest BCUT2D eigenvalue weighted by atomic mass is 16.5. The van der Waals surface area contributed by atoms with Gasteiger partial charge in [-0.25, -0.2) is 0 Å². The fourth-order valence-corrected chi connectivity index (χ4v) is 3.87. The minimum Gasteiger partial charge on any atom is -0.496 e. The zero-order valence-corrected chi connectivity index (χ0v) is 18.2. The molecule has 7 heteroatoms. The number of carbonyl (C=O) groups excluding carboxylic acids is 2. The van der Waals surface area contributed by atoms with Gasteiger partial charge in [0, 0.05) is 17.3 Å². The van der Waals surface area contributed by atoms with Gasteiger partial charge in [-0.2, -0.15) is 0 Å². The highest BCUT2D eigenvalue weighted by Gasteiger charge is 2.14. The van der Waals surface area contributed by atoms with E-state index in [0.29, 0.717) is 34.8 Å². The van der Waals surface area contributed by atoms with E-state index in [1.54, 1.807) is 48.1 Å². The van der Waals surface area contributed by atoms with Gasteiger partial charge in [-0.1, -0.05) is 42.5 Å². The van der Waals surface area contributed by atoms with Crippen molar-refractivity contribution in [3.63, 3.8) is 0 Å². The SMILES string of the molecule is COc1ccccc1CCNC(=O)COC(=O)Cn1c2ccccc2c(=O)c2ccccc21. The molecule has 4 aromatic rings. The molecule has 0 saturated heterocycles. The lowest BCUT2D eigenvalue weighted by Gasteiger charge is -2.14. The first-order valence-electron chi connectivity index (χ1n) is 10.6. The minimum absolute atomic E-state index is 0.0831. The Balaban J connectivity index is 1.39. The molecule has 1 aromatic heterocycles. The number of hydrogen-bond donors (Lipinski definition) is 1. The van der Waals surface area contributed by atoms with E-state index in [4.69, 9.17) is 9.47 Å². The molecule has 3 aromatic carbocycles. The lowest BCUT2D eigenvalue weighted by atomic mass is 10.1. The normalized spacial score (nSPS) is 10.8. The maximum atomic E-state index is 12.8. The predicted molar refractivity (Wildman–Crippen MR) is 126 cm³/mol. The number of fused-ring (bicyclic) bond motifs is 2. The lowest BCUT2D eigenvalue weighted by Crippen LogP contribution is -2.31. The largest absolute Gasteiger partial charge is 0.496 e. The predicted octanol–water partition coefficient (Wildman–Crippen LogP) is 3.07. The van der Waals surface area contributed by atoms with Gasteiger partial charge in [0.25, 0.3) is 5.91 Å². The summed E-state index contributed by atoms with van der Waals surface area (Å²) < 4.78 is 12.3. The minimum atomic E-state index is -0.561. The highest BCUT2D eigenvalue weighted by Crippen LogP contribution is 2.19. The lowest BCUT2D eigenvalue weighted by molar-refractivity contribution is -0.149. The Morgan fingerprint density at radius 2 is 1.48 bits per heavy atom. The first-order valence-corrected chi connectivity index (χ1v) is 10.6. The third kappa shape index (κ3) is 4.87. The van der Waals surface area contributed by atoms with Crippen LogP contribution in [0.4, 0.5) is 0 Å². The van der Waals surface area contributed by atoms with Crippen molar-refractivity contribution in [2.24, 2.45) is 0 Å². The molecule has 7 nitrogen and oxygen atoms in total. The Morgan fingerprint density at radius 1 is 0.879 bits per heavy atom. The molecule has 0 bridgehead atoms. The number of ether oxygens (including phenoxy) is 2. The number of aromatic nitrogens is 1. The molecule has 0 radical (unpaired) electrons. The average Bonchev–Trinajstić information content (AvgIpc) is 2.85. The number of carbonyl (C=O) groups is 2. The monoisotopic (exact) mass is 444 g/mol. The summed E-state index contributed by atoms with van der Waals surface area (Å²) in [6, 6.07) is 21.9. The number of esters is 1. The van der Waals surface area contributed by atoms with E-state index < -0.39 is 5.97 Å². The summed E-state index contributed by atoms with van der Waals surface area (Å²) in [6.07, 6.45) is 0.596. The number of benzene rings is 3. The molecule has 0 saturated carbocycles. The average molecular weight is 444 g/mol. The zero-order chi connectivity index (χ0) is 23.2. The van der Waals surface area contributed by atoms with Crippen molar-refractivity contribution in [1.82, 2.24) is 9.88 Å². The molecule has 1 amide bonds. The summed E-state index contributed by atoms with van der Waals surface area (Å²) in [7, 11) is 1.60. The van der Waals surface area contributed by atoms with Crippen LogP contribution in [0.15, 0.2) is 77.6 Å². The second-order valence-corrected chi connectivity index (χ2v) is 7.52. The molecule has 0 unspecified atom stereocenters. The number of nitrogens with zero attached hydrogens (tertiary/aromatic N) is 1. The van der Waals surface area contributed by atoms with Gasteiger partial charge in [0.05, 0.1) is 18.1 Å². The van der Waals surface area contributed by atoms with Crippen LogP contribution in [0.1, 0.15) is 5.56 Å². The van der Waals surface area contributed by atoms with Crippen molar-refractivity contribution in [3.05, 3.63) is 88.6 Å². The van der Waals surface area contributed by atoms with E-state index in [-0.39, 0.29) is 24.5 Å². The van der Waals surface area contributed by atoms with Crippen LogP contribution in [-0.4, -0.2) is 36.7 Å². The van der Waals surface area contributed by atoms with Crippen LogP contribution >= 0.6 is 0 Å². The molecule has 0 aliphatic rings. The molecule has 168 valence electrons. The fraction of sp³-hybridized carbons (Fsp3) is 0.192. The molecule has 0 spiro atoms. The van der Waals surface area contributed by atoms with Crippen LogP contribution in [0, 0.1) is 0 Å². The topological polar surface area (TPSA) is 86.6 Å². The third-order valence-electron chi connectivity index (χ3n) is 5.44. The van der Waals surface area contributed by atoms with Crippen molar-refractivity contribution < 1.29 is 19.1 Å². The van der Waals surface area contributed by atoms with Crippen LogP contribution in [0.2, 0.25) is 0 Å². The van der Waals surface area contributed by atoms with Crippen molar-refractivity contribution in [2.45, 2.75) is 13.0 Å². The summed E-state index contributed by atoms with van der Waals surface area (Å²) in [5.74, 6) is -0.180. The third-order valence-corrected chi connectivity index (χ3v) is 5.44. The van der Waals surface area contributed by atoms with E-state index in [1.807, 2.05) is 36.4 Å². The number of para-hydroxylation sites is 3. The van der Waals surface area contributed by atoms with Gasteiger partial charge in [-0.15, -0.1) is 0 Å². The molecule has 0 atom stereocenters. The molecule has 0 aliphatic carbocycles. The van der Waals surface area contributed by atoms with Crippen LogP contribution in [0.25, 0.3) is 21.8 Å². The molecule has 0 fully saturated rings. The second-order valence-electron chi connectivity index (χ2n) is 7.52. The van der Waals surface area contributed by atoms with Gasteiger partial charge < -0.3 is 19.4 Å². The Bertz CT molecular complexity index is 1320. The van der Waals surface area contributed by atoms with Crippen molar-refractivity contribution in [3.8, 4) is 5.75 Å². The maximum Gasteiger partial charge on any atom is 0.326 e. The summed E-state index contributed by atoms with van der Waals surface area (Å²) in [4.78, 5) is 37.5. The van der Waals surface area contributed by atoms with Gasteiger partial charge in [0.1, 0.15) is 12.3 Å². The molecular formula is C26H24N2O5. The highest BCUT2D eigenvalue weighted by molar-refractivity contribution is 5.94. The van der Waals surface area contributed by atoms with Gasteiger partial charge in [-0.3, -0.25) is 14.4 Å². The van der Waals surface area contributed by atoms with Gasteiger partial charge >= 0.3 is 5.97 Å². The maximum absolute atomic E-state index is 12.8. The second kappa shape index (κ2) is 9.99. The first-order chi connectivity index (χ1) is 16.1. The van der Waals surface area contributed by atoms with Gasteiger partial charge in [0.15, 0.2) is 12.0 Å². The fourth-order valence-electron chi connectivity index (χ4n) is 3.87. The van der Waals surface area contributed by atoms with E-state index in [9.17, 15) is 14.4 Å². The first kappa shape index (κ1) is 22.1. The van der Waals surface area contributed by atoms with Crippen molar-refractivity contribution in [1.29, 1.82) is 0 Å². The molecular weight excluding hydrogens is 420 g/mol. The Labute approximate surface area is 190 Å². The van der Waals surface area contributed by atoms with Gasteiger partial charge in [0.2, 0.25) is 0 Å². The number of nitrogens with one attached hydrogen (secondary N) is 1. The van der Waals surface area contributed by atoms with E-state index in [2.05, 4.69) is 5.32 Å². The van der Waals surface area contributed by atoms with Crippen LogP contribution in [0.3, 0.4) is 0 Å². The number of methoxy groups -OCH3 is 1. The van der Waals surface area contributed by atoms with Crippen LogP contribution < -0.4 is 15.5 Å². The number of hydrogen-bond acceptors (Lipinski definition) is 5.